The van der Waals surface area contributed by atoms with E-state index < -0.39 is 5.97 Å². The number of carboxylic acids is 1. The molecule has 2 nitrogen and oxygen atoms in total. The predicted octanol–water partition coefficient (Wildman–Crippen LogP) is 4.35. The summed E-state index contributed by atoms with van der Waals surface area (Å²) in [6.45, 7) is 5.60. The standard InChI is InChI=1S/C10H8.C3H6O2.C2H6/c1-2-6-10-8-4-3-7-9(10)5-1;1-2-3(4)5;1-2/h1-8H;2H2,1H3,(H,4,5);1-2H3. The first-order chi connectivity index (χ1) is 8.24. The lowest BCUT2D eigenvalue weighted by atomic mass is 10.1. The molecule has 0 aliphatic carbocycles. The molecule has 1 N–H and O–H groups in total. The zero-order valence-corrected chi connectivity index (χ0v) is 10.7. The summed E-state index contributed by atoms with van der Waals surface area (Å²) in [4.78, 5) is 9.37. The molecule has 0 aliphatic heterocycles. The molecule has 2 aromatic rings. The Bertz CT molecular complexity index is 370. The van der Waals surface area contributed by atoms with Gasteiger partial charge in [-0.2, -0.15) is 0 Å². The summed E-state index contributed by atoms with van der Waals surface area (Å²) < 4.78 is 0. The minimum absolute atomic E-state index is 0.222. The smallest absolute Gasteiger partial charge is 0.303 e. The fraction of sp³-hybridized carbons (Fsp3) is 0.267. The van der Waals surface area contributed by atoms with Gasteiger partial charge in [-0.15, -0.1) is 0 Å². The van der Waals surface area contributed by atoms with Crippen molar-refractivity contribution in [2.75, 3.05) is 0 Å². The lowest BCUT2D eigenvalue weighted by molar-refractivity contribution is -0.136. The molecule has 0 heterocycles. The zero-order valence-electron chi connectivity index (χ0n) is 10.7. The van der Waals surface area contributed by atoms with E-state index in [0.717, 1.165) is 0 Å². The molecule has 0 spiro atoms. The molecule has 2 aromatic carbocycles. The predicted molar refractivity (Wildman–Crippen MR) is 73.2 cm³/mol. The minimum atomic E-state index is -0.745. The highest BCUT2D eigenvalue weighted by molar-refractivity contribution is 5.81. The first-order valence-electron chi connectivity index (χ1n) is 5.89. The first-order valence-corrected chi connectivity index (χ1v) is 5.89. The van der Waals surface area contributed by atoms with E-state index in [0.29, 0.717) is 0 Å². The second kappa shape index (κ2) is 9.40. The number of aliphatic carboxylic acids is 1. The van der Waals surface area contributed by atoms with Crippen LogP contribution in [0.4, 0.5) is 0 Å². The van der Waals surface area contributed by atoms with Gasteiger partial charge >= 0.3 is 5.97 Å². The summed E-state index contributed by atoms with van der Waals surface area (Å²) in [7, 11) is 0. The maximum atomic E-state index is 9.37. The van der Waals surface area contributed by atoms with Crippen molar-refractivity contribution in [1.82, 2.24) is 0 Å². The van der Waals surface area contributed by atoms with E-state index in [1.54, 1.807) is 6.92 Å². The van der Waals surface area contributed by atoms with Crippen molar-refractivity contribution in [3.63, 3.8) is 0 Å². The number of hydrogen-bond donors (Lipinski definition) is 1. The van der Waals surface area contributed by atoms with Crippen molar-refractivity contribution < 1.29 is 9.90 Å². The van der Waals surface area contributed by atoms with Gasteiger partial charge in [-0.25, -0.2) is 0 Å². The molecule has 0 amide bonds. The number of fused-ring (bicyclic) bond motifs is 1. The van der Waals surface area contributed by atoms with Gasteiger partial charge in [0.2, 0.25) is 0 Å². The van der Waals surface area contributed by atoms with Gasteiger partial charge in [-0.05, 0) is 10.8 Å². The third-order valence-corrected chi connectivity index (χ3v) is 1.96. The molecule has 0 saturated carbocycles. The molecule has 0 aliphatic rings. The maximum Gasteiger partial charge on any atom is 0.303 e. The van der Waals surface area contributed by atoms with Crippen LogP contribution in [0.3, 0.4) is 0 Å². The molecule has 0 fully saturated rings. The SMILES string of the molecule is CC.CCC(=O)O.c1ccc2ccccc2c1. The minimum Gasteiger partial charge on any atom is -0.481 e. The topological polar surface area (TPSA) is 37.3 Å². The Labute approximate surface area is 103 Å². The van der Waals surface area contributed by atoms with Gasteiger partial charge in [0.05, 0.1) is 0 Å². The van der Waals surface area contributed by atoms with Crippen molar-refractivity contribution in [3.05, 3.63) is 48.5 Å². The molecule has 0 atom stereocenters. The van der Waals surface area contributed by atoms with Gasteiger partial charge < -0.3 is 5.11 Å². The monoisotopic (exact) mass is 232 g/mol. The molecule has 2 rings (SSSR count). The summed E-state index contributed by atoms with van der Waals surface area (Å²) in [6, 6.07) is 16.7. The van der Waals surface area contributed by atoms with Gasteiger partial charge in [0.25, 0.3) is 0 Å². The molecule has 17 heavy (non-hydrogen) atoms. The third-order valence-electron chi connectivity index (χ3n) is 1.96. The van der Waals surface area contributed by atoms with Crippen molar-refractivity contribution in [2.24, 2.45) is 0 Å². The van der Waals surface area contributed by atoms with Crippen LogP contribution >= 0.6 is 0 Å². The summed E-state index contributed by atoms with van der Waals surface area (Å²) in [6.07, 6.45) is 0.222. The Morgan fingerprint density at radius 2 is 1.18 bits per heavy atom. The van der Waals surface area contributed by atoms with Crippen LogP contribution in [0.2, 0.25) is 0 Å². The molecule has 92 valence electrons. The van der Waals surface area contributed by atoms with Crippen LogP contribution in [0, 0.1) is 0 Å². The molecular weight excluding hydrogens is 212 g/mol. The third kappa shape index (κ3) is 6.36. The summed E-state index contributed by atoms with van der Waals surface area (Å²) in [5, 5.41) is 10.3. The average Bonchev–Trinajstić information content (AvgIpc) is 2.42. The fourth-order valence-corrected chi connectivity index (χ4v) is 1.13. The highest BCUT2D eigenvalue weighted by Gasteiger charge is 1.85. The average molecular weight is 232 g/mol. The van der Waals surface area contributed by atoms with E-state index in [-0.39, 0.29) is 6.42 Å². The van der Waals surface area contributed by atoms with Crippen molar-refractivity contribution in [1.29, 1.82) is 0 Å². The van der Waals surface area contributed by atoms with Crippen LogP contribution in [-0.2, 0) is 4.79 Å². The van der Waals surface area contributed by atoms with Gasteiger partial charge in [0.1, 0.15) is 0 Å². The van der Waals surface area contributed by atoms with Gasteiger partial charge in [-0.3, -0.25) is 4.79 Å². The number of hydrogen-bond acceptors (Lipinski definition) is 1. The van der Waals surface area contributed by atoms with Gasteiger partial charge in [0.15, 0.2) is 0 Å². The van der Waals surface area contributed by atoms with E-state index in [4.69, 9.17) is 5.11 Å². The Morgan fingerprint density at radius 3 is 1.35 bits per heavy atom. The van der Waals surface area contributed by atoms with E-state index in [1.807, 2.05) is 13.8 Å². The van der Waals surface area contributed by atoms with Crippen molar-refractivity contribution in [2.45, 2.75) is 27.2 Å². The van der Waals surface area contributed by atoms with Gasteiger partial charge in [0, 0.05) is 6.42 Å². The Kier molecular flexibility index (Phi) is 8.39. The highest BCUT2D eigenvalue weighted by atomic mass is 16.4. The summed E-state index contributed by atoms with van der Waals surface area (Å²) in [5.74, 6) is -0.745. The summed E-state index contributed by atoms with van der Waals surface area (Å²) >= 11 is 0. The summed E-state index contributed by atoms with van der Waals surface area (Å²) in [5.41, 5.74) is 0. The number of rotatable bonds is 1. The van der Waals surface area contributed by atoms with Crippen molar-refractivity contribution in [3.8, 4) is 0 Å². The van der Waals surface area contributed by atoms with Crippen LogP contribution in [0.1, 0.15) is 27.2 Å². The number of carbonyl (C=O) groups is 1. The van der Waals surface area contributed by atoms with E-state index in [9.17, 15) is 4.79 Å². The largest absolute Gasteiger partial charge is 0.481 e. The first kappa shape index (κ1) is 15.2. The van der Waals surface area contributed by atoms with Crippen molar-refractivity contribution >= 4 is 16.7 Å². The van der Waals surface area contributed by atoms with Crippen LogP contribution < -0.4 is 0 Å². The molecule has 0 saturated heterocycles. The molecule has 0 bridgehead atoms. The Balaban J connectivity index is 0.000000315. The lowest BCUT2D eigenvalue weighted by Gasteiger charge is -1.92. The quantitative estimate of drug-likeness (QED) is 0.793. The molecular formula is C15H20O2. The maximum absolute atomic E-state index is 9.37. The van der Waals surface area contributed by atoms with Gasteiger partial charge in [-0.1, -0.05) is 69.3 Å². The normalized spacial score (nSPS) is 8.41. The van der Waals surface area contributed by atoms with Crippen LogP contribution in [0.5, 0.6) is 0 Å². The molecule has 0 radical (unpaired) electrons. The van der Waals surface area contributed by atoms with E-state index in [2.05, 4.69) is 48.5 Å². The van der Waals surface area contributed by atoms with Crippen LogP contribution in [0.15, 0.2) is 48.5 Å². The molecule has 0 aromatic heterocycles. The lowest BCUT2D eigenvalue weighted by Crippen LogP contribution is -1.86. The molecule has 0 unspecified atom stereocenters. The van der Waals surface area contributed by atoms with E-state index >= 15 is 0 Å². The highest BCUT2D eigenvalue weighted by Crippen LogP contribution is 2.11. The fourth-order valence-electron chi connectivity index (χ4n) is 1.13. The second-order valence-corrected chi connectivity index (χ2v) is 3.09. The Morgan fingerprint density at radius 1 is 0.941 bits per heavy atom. The van der Waals surface area contributed by atoms with E-state index in [1.165, 1.54) is 10.8 Å². The molecule has 2 heteroatoms. The van der Waals surface area contributed by atoms with Crippen LogP contribution in [0.25, 0.3) is 10.8 Å². The zero-order chi connectivity index (χ0) is 13.1. The second-order valence-electron chi connectivity index (χ2n) is 3.09. The Hall–Kier alpha value is -1.83. The number of carboxylic acid groups (broad SMARTS) is 1. The van der Waals surface area contributed by atoms with Crippen LogP contribution in [-0.4, -0.2) is 11.1 Å². The number of benzene rings is 2.